The lowest BCUT2D eigenvalue weighted by Crippen LogP contribution is -2.04. The Morgan fingerprint density at radius 3 is 2.67 bits per heavy atom. The average molecular weight is 355 g/mol. The van der Waals surface area contributed by atoms with E-state index in [4.69, 9.17) is 5.11 Å². The Hall–Kier alpha value is -1.99. The third-order valence-corrected chi connectivity index (χ3v) is 3.50. The molecule has 0 aromatic heterocycles. The lowest BCUT2D eigenvalue weighted by molar-refractivity contribution is -0.384. The van der Waals surface area contributed by atoms with Gasteiger partial charge in [0.15, 0.2) is 0 Å². The van der Waals surface area contributed by atoms with Crippen molar-refractivity contribution in [2.45, 2.75) is 13.2 Å². The highest BCUT2D eigenvalue weighted by Crippen LogP contribution is 2.30. The molecular weight excluding hydrogens is 343 g/mol. The first-order valence-electron chi connectivity index (χ1n) is 6.07. The molecule has 2 aromatic carbocycles. The summed E-state index contributed by atoms with van der Waals surface area (Å²) in [6, 6.07) is 9.39. The molecule has 0 aliphatic heterocycles. The number of hydrogen-bond acceptors (Lipinski definition) is 4. The van der Waals surface area contributed by atoms with Gasteiger partial charge < -0.3 is 10.4 Å². The molecule has 0 atom stereocenters. The van der Waals surface area contributed by atoms with Gasteiger partial charge in [-0.05, 0) is 33.1 Å². The van der Waals surface area contributed by atoms with Crippen LogP contribution in [0.4, 0.5) is 15.8 Å². The van der Waals surface area contributed by atoms with Gasteiger partial charge in [-0.1, -0.05) is 24.3 Å². The number of benzene rings is 2. The zero-order valence-corrected chi connectivity index (χ0v) is 12.4. The van der Waals surface area contributed by atoms with Crippen LogP contribution in [0, 0.1) is 15.9 Å². The molecule has 7 heteroatoms. The van der Waals surface area contributed by atoms with Crippen LogP contribution in [0.3, 0.4) is 0 Å². The van der Waals surface area contributed by atoms with Crippen LogP contribution >= 0.6 is 15.9 Å². The van der Waals surface area contributed by atoms with E-state index in [2.05, 4.69) is 21.2 Å². The minimum absolute atomic E-state index is 0.0733. The molecular formula is C14H12BrFN2O3. The third-order valence-electron chi connectivity index (χ3n) is 2.89. The standard InChI is InChI=1S/C14H12BrFN2O3/c15-11-5-13(14(18(20)21)6-12(11)16)17-7-9-2-1-3-10(4-9)8-19/h1-6,17,19H,7-8H2. The summed E-state index contributed by atoms with van der Waals surface area (Å²) in [5, 5.41) is 22.9. The maximum absolute atomic E-state index is 13.4. The van der Waals surface area contributed by atoms with Gasteiger partial charge in [0.05, 0.1) is 22.1 Å². The van der Waals surface area contributed by atoms with E-state index in [1.807, 2.05) is 6.07 Å². The molecule has 21 heavy (non-hydrogen) atoms. The second-order valence-electron chi connectivity index (χ2n) is 4.37. The number of aliphatic hydroxyl groups is 1. The fraction of sp³-hybridized carbons (Fsp3) is 0.143. The summed E-state index contributed by atoms with van der Waals surface area (Å²) in [5.74, 6) is -0.686. The second kappa shape index (κ2) is 6.64. The number of halogens is 2. The number of aliphatic hydroxyl groups excluding tert-OH is 1. The van der Waals surface area contributed by atoms with Crippen LogP contribution in [-0.2, 0) is 13.2 Å². The van der Waals surface area contributed by atoms with E-state index in [0.717, 1.165) is 17.2 Å². The Bertz CT molecular complexity index is 679. The SMILES string of the molecule is O=[N+]([O-])c1cc(F)c(Br)cc1NCc1cccc(CO)c1. The van der Waals surface area contributed by atoms with Crippen molar-refractivity contribution in [3.05, 3.63) is 67.9 Å². The Balaban J connectivity index is 2.22. The van der Waals surface area contributed by atoms with Crippen LogP contribution in [-0.4, -0.2) is 10.0 Å². The van der Waals surface area contributed by atoms with Crippen molar-refractivity contribution in [1.29, 1.82) is 0 Å². The van der Waals surface area contributed by atoms with E-state index in [1.165, 1.54) is 6.07 Å². The highest BCUT2D eigenvalue weighted by molar-refractivity contribution is 9.10. The number of rotatable bonds is 5. The van der Waals surface area contributed by atoms with E-state index in [-0.39, 0.29) is 22.5 Å². The van der Waals surface area contributed by atoms with Gasteiger partial charge in [0, 0.05) is 6.54 Å². The van der Waals surface area contributed by atoms with E-state index in [0.29, 0.717) is 6.54 Å². The van der Waals surface area contributed by atoms with Crippen LogP contribution in [0.2, 0.25) is 0 Å². The maximum Gasteiger partial charge on any atom is 0.295 e. The third kappa shape index (κ3) is 3.77. The monoisotopic (exact) mass is 354 g/mol. The van der Waals surface area contributed by atoms with Gasteiger partial charge in [-0.15, -0.1) is 0 Å². The molecule has 0 aliphatic carbocycles. The molecule has 0 spiro atoms. The van der Waals surface area contributed by atoms with E-state index >= 15 is 0 Å². The van der Waals surface area contributed by atoms with Crippen molar-refractivity contribution in [3.8, 4) is 0 Å². The van der Waals surface area contributed by atoms with Gasteiger partial charge in [-0.2, -0.15) is 0 Å². The number of hydrogen-bond donors (Lipinski definition) is 2. The predicted octanol–water partition coefficient (Wildman–Crippen LogP) is 3.60. The molecule has 0 fully saturated rings. The average Bonchev–Trinajstić information content (AvgIpc) is 2.48. The summed E-state index contributed by atoms with van der Waals surface area (Å²) < 4.78 is 13.5. The first-order valence-corrected chi connectivity index (χ1v) is 6.86. The highest BCUT2D eigenvalue weighted by Gasteiger charge is 2.17. The fourth-order valence-corrected chi connectivity index (χ4v) is 2.21. The summed E-state index contributed by atoms with van der Waals surface area (Å²) >= 11 is 3.01. The second-order valence-corrected chi connectivity index (χ2v) is 5.23. The first-order chi connectivity index (χ1) is 10.0. The molecule has 0 saturated carbocycles. The lowest BCUT2D eigenvalue weighted by Gasteiger charge is -2.09. The van der Waals surface area contributed by atoms with Crippen molar-refractivity contribution in [2.75, 3.05) is 5.32 Å². The van der Waals surface area contributed by atoms with Gasteiger partial charge in [0.2, 0.25) is 0 Å². The molecule has 0 saturated heterocycles. The highest BCUT2D eigenvalue weighted by atomic mass is 79.9. The van der Waals surface area contributed by atoms with Crippen molar-refractivity contribution in [2.24, 2.45) is 0 Å². The predicted molar refractivity (Wildman–Crippen MR) is 80.4 cm³/mol. The van der Waals surface area contributed by atoms with Crippen LogP contribution in [0.15, 0.2) is 40.9 Å². The van der Waals surface area contributed by atoms with E-state index < -0.39 is 10.7 Å². The number of nitro benzene ring substituents is 1. The smallest absolute Gasteiger partial charge is 0.295 e. The molecule has 0 aliphatic rings. The van der Waals surface area contributed by atoms with Crippen molar-refractivity contribution >= 4 is 27.3 Å². The van der Waals surface area contributed by atoms with Crippen molar-refractivity contribution < 1.29 is 14.4 Å². The molecule has 0 heterocycles. The van der Waals surface area contributed by atoms with E-state index in [1.54, 1.807) is 18.2 Å². The first kappa shape index (κ1) is 15.4. The Morgan fingerprint density at radius 2 is 2.00 bits per heavy atom. The molecule has 0 radical (unpaired) electrons. The molecule has 2 rings (SSSR count). The summed E-state index contributed by atoms with van der Waals surface area (Å²) in [4.78, 5) is 10.3. The van der Waals surface area contributed by atoms with E-state index in [9.17, 15) is 14.5 Å². The molecule has 0 bridgehead atoms. The Labute approximate surface area is 128 Å². The summed E-state index contributed by atoms with van der Waals surface area (Å²) in [5.41, 5.74) is 1.51. The zero-order valence-electron chi connectivity index (χ0n) is 10.8. The normalized spacial score (nSPS) is 10.4. The lowest BCUT2D eigenvalue weighted by atomic mass is 10.1. The van der Waals surface area contributed by atoms with Gasteiger partial charge in [0.1, 0.15) is 11.5 Å². The largest absolute Gasteiger partial charge is 0.392 e. The van der Waals surface area contributed by atoms with Gasteiger partial charge in [-0.25, -0.2) is 4.39 Å². The van der Waals surface area contributed by atoms with Crippen LogP contribution in [0.25, 0.3) is 0 Å². The Kier molecular flexibility index (Phi) is 4.87. The molecule has 2 N–H and O–H groups in total. The number of anilines is 1. The van der Waals surface area contributed by atoms with Crippen LogP contribution in [0.5, 0.6) is 0 Å². The number of nitrogens with one attached hydrogen (secondary N) is 1. The minimum atomic E-state index is -0.686. The molecule has 2 aromatic rings. The van der Waals surface area contributed by atoms with Gasteiger partial charge in [-0.3, -0.25) is 10.1 Å². The van der Waals surface area contributed by atoms with Gasteiger partial charge in [0.25, 0.3) is 5.69 Å². The summed E-state index contributed by atoms with van der Waals surface area (Å²) in [6.07, 6.45) is 0. The molecule has 5 nitrogen and oxygen atoms in total. The zero-order chi connectivity index (χ0) is 15.4. The van der Waals surface area contributed by atoms with Gasteiger partial charge >= 0.3 is 0 Å². The summed E-state index contributed by atoms with van der Waals surface area (Å²) in [6.45, 7) is 0.253. The number of nitrogens with zero attached hydrogens (tertiary/aromatic N) is 1. The Morgan fingerprint density at radius 1 is 1.29 bits per heavy atom. The van der Waals surface area contributed by atoms with Crippen LogP contribution in [0.1, 0.15) is 11.1 Å². The molecule has 0 amide bonds. The molecule has 0 unspecified atom stereocenters. The molecule has 110 valence electrons. The minimum Gasteiger partial charge on any atom is -0.392 e. The van der Waals surface area contributed by atoms with Crippen molar-refractivity contribution in [1.82, 2.24) is 0 Å². The maximum atomic E-state index is 13.4. The fourth-order valence-electron chi connectivity index (χ4n) is 1.86. The summed E-state index contributed by atoms with van der Waals surface area (Å²) in [7, 11) is 0. The van der Waals surface area contributed by atoms with Crippen molar-refractivity contribution in [3.63, 3.8) is 0 Å². The number of nitro groups is 1. The topological polar surface area (TPSA) is 75.4 Å². The quantitative estimate of drug-likeness (QED) is 0.635. The van der Waals surface area contributed by atoms with Crippen LogP contribution < -0.4 is 5.32 Å².